The second kappa shape index (κ2) is 8.78. The molecule has 1 aromatic heterocycles. The monoisotopic (exact) mass is 397 g/mol. The number of hydrogen-bond donors (Lipinski definition) is 0. The van der Waals surface area contributed by atoms with Crippen LogP contribution in [0.4, 0.5) is 0 Å². The third kappa shape index (κ3) is 4.50. The molecular formula is C22H27N3O4. The molecule has 0 N–H and O–H groups in total. The van der Waals surface area contributed by atoms with Crippen LogP contribution >= 0.6 is 0 Å². The van der Waals surface area contributed by atoms with Gasteiger partial charge in [0, 0.05) is 31.7 Å². The molecule has 0 bridgehead atoms. The summed E-state index contributed by atoms with van der Waals surface area (Å²) in [5.41, 5.74) is 2.61. The predicted molar refractivity (Wildman–Crippen MR) is 107 cm³/mol. The maximum atomic E-state index is 12.5. The van der Waals surface area contributed by atoms with E-state index in [4.69, 9.17) is 9.15 Å². The lowest BCUT2D eigenvalue weighted by molar-refractivity contribution is 0.0303. The second-order valence-electron chi connectivity index (χ2n) is 7.81. The highest BCUT2D eigenvalue weighted by Crippen LogP contribution is 2.24. The van der Waals surface area contributed by atoms with E-state index in [0.717, 1.165) is 37.9 Å². The Morgan fingerprint density at radius 2 is 1.66 bits per heavy atom. The molecule has 3 heterocycles. The molecule has 0 radical (unpaired) electrons. The Hall–Kier alpha value is -2.67. The lowest BCUT2D eigenvalue weighted by atomic mass is 9.89. The number of piperidine rings is 1. The molecule has 29 heavy (non-hydrogen) atoms. The van der Waals surface area contributed by atoms with Crippen LogP contribution in [-0.4, -0.2) is 66.0 Å². The Bertz CT molecular complexity index is 847. The maximum absolute atomic E-state index is 12.5. The van der Waals surface area contributed by atoms with Gasteiger partial charge in [0.1, 0.15) is 0 Å². The molecule has 4 rings (SSSR count). The molecule has 2 fully saturated rings. The molecule has 0 unspecified atom stereocenters. The summed E-state index contributed by atoms with van der Waals surface area (Å²) >= 11 is 0. The van der Waals surface area contributed by atoms with Crippen LogP contribution in [0, 0.1) is 12.8 Å². The van der Waals surface area contributed by atoms with Crippen molar-refractivity contribution in [1.29, 1.82) is 0 Å². The first-order valence-electron chi connectivity index (χ1n) is 10.3. The van der Waals surface area contributed by atoms with Crippen LogP contribution in [0.15, 0.2) is 35.1 Å². The number of hydrogen-bond acceptors (Lipinski definition) is 5. The van der Waals surface area contributed by atoms with Crippen molar-refractivity contribution >= 4 is 11.8 Å². The van der Waals surface area contributed by atoms with Crippen molar-refractivity contribution in [2.24, 2.45) is 5.92 Å². The Morgan fingerprint density at radius 1 is 1.00 bits per heavy atom. The summed E-state index contributed by atoms with van der Waals surface area (Å²) in [5, 5.41) is 0. The lowest BCUT2D eigenvalue weighted by Crippen LogP contribution is -2.40. The van der Waals surface area contributed by atoms with E-state index in [1.807, 2.05) is 21.9 Å². The first kappa shape index (κ1) is 19.6. The molecule has 0 atom stereocenters. The molecule has 7 nitrogen and oxygen atoms in total. The Balaban J connectivity index is 1.29. The van der Waals surface area contributed by atoms with E-state index in [0.29, 0.717) is 43.7 Å². The number of nitrogens with zero attached hydrogens (tertiary/aromatic N) is 3. The minimum atomic E-state index is -0.0653. The molecule has 0 saturated carbocycles. The summed E-state index contributed by atoms with van der Waals surface area (Å²) in [6.07, 6.45) is 4.22. The molecular weight excluding hydrogens is 370 g/mol. The topological polar surface area (TPSA) is 75.9 Å². The smallest absolute Gasteiger partial charge is 0.291 e. The van der Waals surface area contributed by atoms with E-state index >= 15 is 0 Å². The quantitative estimate of drug-likeness (QED) is 0.793. The zero-order chi connectivity index (χ0) is 20.2. The van der Waals surface area contributed by atoms with Gasteiger partial charge < -0.3 is 19.0 Å². The van der Waals surface area contributed by atoms with Crippen LogP contribution in [0.2, 0.25) is 0 Å². The number of benzene rings is 1. The lowest BCUT2D eigenvalue weighted by Gasteiger charge is -2.31. The van der Waals surface area contributed by atoms with Gasteiger partial charge in [-0.2, -0.15) is 0 Å². The average molecular weight is 397 g/mol. The number of oxazole rings is 1. The van der Waals surface area contributed by atoms with Crippen molar-refractivity contribution in [3.05, 3.63) is 53.2 Å². The number of ether oxygens (including phenoxy) is 1. The fourth-order valence-electron chi connectivity index (χ4n) is 4.06. The van der Waals surface area contributed by atoms with Crippen LogP contribution in [0.25, 0.3) is 0 Å². The number of carbonyl (C=O) groups is 2. The normalized spacial score (nSPS) is 18.1. The number of morpholine rings is 1. The predicted octanol–water partition coefficient (Wildman–Crippen LogP) is 2.55. The fourth-order valence-corrected chi connectivity index (χ4v) is 4.06. The van der Waals surface area contributed by atoms with E-state index < -0.39 is 0 Å². The standard InChI is InChI=1S/C22H27N3O4/c1-16-20(29-15-23-16)22(27)24-8-6-18(7-9-24)14-17-2-4-19(5-3-17)21(26)25-10-12-28-13-11-25/h2-5,15,18H,6-14H2,1H3. The number of rotatable bonds is 4. The van der Waals surface area contributed by atoms with E-state index in [9.17, 15) is 9.59 Å². The molecule has 7 heteroatoms. The van der Waals surface area contributed by atoms with E-state index in [-0.39, 0.29) is 11.8 Å². The zero-order valence-electron chi connectivity index (χ0n) is 16.8. The largest absolute Gasteiger partial charge is 0.438 e. The minimum absolute atomic E-state index is 0.0653. The van der Waals surface area contributed by atoms with Gasteiger partial charge in [-0.3, -0.25) is 9.59 Å². The van der Waals surface area contributed by atoms with Gasteiger partial charge >= 0.3 is 0 Å². The molecule has 0 spiro atoms. The highest BCUT2D eigenvalue weighted by molar-refractivity contribution is 5.94. The van der Waals surface area contributed by atoms with Gasteiger partial charge in [0.2, 0.25) is 5.76 Å². The van der Waals surface area contributed by atoms with Crippen molar-refractivity contribution in [2.45, 2.75) is 26.2 Å². The van der Waals surface area contributed by atoms with Crippen molar-refractivity contribution in [2.75, 3.05) is 39.4 Å². The number of amides is 2. The third-order valence-electron chi connectivity index (χ3n) is 5.87. The molecule has 2 aliphatic heterocycles. The number of aryl methyl sites for hydroxylation is 1. The first-order valence-corrected chi connectivity index (χ1v) is 10.3. The summed E-state index contributed by atoms with van der Waals surface area (Å²) in [6.45, 7) is 5.80. The highest BCUT2D eigenvalue weighted by Gasteiger charge is 2.27. The summed E-state index contributed by atoms with van der Waals surface area (Å²) < 4.78 is 10.5. The summed E-state index contributed by atoms with van der Waals surface area (Å²) in [5.74, 6) is 0.901. The molecule has 2 amide bonds. The van der Waals surface area contributed by atoms with Crippen LogP contribution in [0.5, 0.6) is 0 Å². The third-order valence-corrected chi connectivity index (χ3v) is 5.87. The zero-order valence-corrected chi connectivity index (χ0v) is 16.8. The maximum Gasteiger partial charge on any atom is 0.291 e. The van der Waals surface area contributed by atoms with Crippen molar-refractivity contribution < 1.29 is 18.7 Å². The molecule has 0 aliphatic carbocycles. The minimum Gasteiger partial charge on any atom is -0.438 e. The summed E-state index contributed by atoms with van der Waals surface area (Å²) in [7, 11) is 0. The van der Waals surface area contributed by atoms with E-state index in [2.05, 4.69) is 17.1 Å². The number of likely N-dealkylation sites (tertiary alicyclic amines) is 1. The number of carbonyl (C=O) groups excluding carboxylic acids is 2. The van der Waals surface area contributed by atoms with E-state index in [1.54, 1.807) is 6.92 Å². The van der Waals surface area contributed by atoms with Gasteiger partial charge in [-0.25, -0.2) is 4.98 Å². The number of aromatic nitrogens is 1. The van der Waals surface area contributed by atoms with Gasteiger partial charge in [0.15, 0.2) is 6.39 Å². The Kier molecular flexibility index (Phi) is 5.94. The van der Waals surface area contributed by atoms with Crippen LogP contribution < -0.4 is 0 Å². The summed E-state index contributed by atoms with van der Waals surface area (Å²) in [4.78, 5) is 32.8. The second-order valence-corrected chi connectivity index (χ2v) is 7.81. The molecule has 154 valence electrons. The van der Waals surface area contributed by atoms with Gasteiger partial charge in [-0.05, 0) is 49.8 Å². The first-order chi connectivity index (χ1) is 14.1. The van der Waals surface area contributed by atoms with Gasteiger partial charge in [0.05, 0.1) is 18.9 Å². The van der Waals surface area contributed by atoms with Crippen molar-refractivity contribution in [3.8, 4) is 0 Å². The Labute approximate surface area is 170 Å². The van der Waals surface area contributed by atoms with Gasteiger partial charge in [-0.1, -0.05) is 12.1 Å². The van der Waals surface area contributed by atoms with Gasteiger partial charge in [0.25, 0.3) is 11.8 Å². The van der Waals surface area contributed by atoms with E-state index in [1.165, 1.54) is 12.0 Å². The van der Waals surface area contributed by atoms with Crippen molar-refractivity contribution in [3.63, 3.8) is 0 Å². The van der Waals surface area contributed by atoms with Crippen LogP contribution in [-0.2, 0) is 11.2 Å². The highest BCUT2D eigenvalue weighted by atomic mass is 16.5. The molecule has 2 saturated heterocycles. The summed E-state index contributed by atoms with van der Waals surface area (Å²) in [6, 6.07) is 7.98. The SMILES string of the molecule is Cc1ncoc1C(=O)N1CCC(Cc2ccc(C(=O)N3CCOCC3)cc2)CC1. The van der Waals surface area contributed by atoms with Crippen molar-refractivity contribution in [1.82, 2.24) is 14.8 Å². The molecule has 2 aromatic rings. The molecule has 2 aliphatic rings. The van der Waals surface area contributed by atoms with Gasteiger partial charge in [-0.15, -0.1) is 0 Å². The van der Waals surface area contributed by atoms with Crippen LogP contribution in [0.1, 0.15) is 45.0 Å². The molecule has 1 aromatic carbocycles. The fraction of sp³-hybridized carbons (Fsp3) is 0.500. The average Bonchev–Trinajstić information content (AvgIpc) is 3.20. The van der Waals surface area contributed by atoms with Crippen LogP contribution in [0.3, 0.4) is 0 Å². The Morgan fingerprint density at radius 3 is 2.28 bits per heavy atom.